The molecule has 2 atom stereocenters. The fourth-order valence-electron chi connectivity index (χ4n) is 3.72. The molecule has 0 saturated carbocycles. The first-order valence-corrected chi connectivity index (χ1v) is 8.54. The van der Waals surface area contributed by atoms with Crippen molar-refractivity contribution in [2.75, 3.05) is 26.3 Å². The zero-order chi connectivity index (χ0) is 13.7. The van der Waals surface area contributed by atoms with Gasteiger partial charge in [0.2, 0.25) is 0 Å². The number of ether oxygens (including phenoxy) is 1. The first-order chi connectivity index (χ1) is 9.69. The largest absolute Gasteiger partial charge is 0.379 e. The van der Waals surface area contributed by atoms with Gasteiger partial charge in [-0.1, -0.05) is 24.3 Å². The van der Waals surface area contributed by atoms with Crippen molar-refractivity contribution in [2.24, 2.45) is 0 Å². The normalized spacial score (nSPS) is 30.6. The molecule has 20 heavy (non-hydrogen) atoms. The van der Waals surface area contributed by atoms with Crippen LogP contribution in [0.5, 0.6) is 0 Å². The predicted molar refractivity (Wildman–Crippen MR) is 74.3 cm³/mol. The van der Waals surface area contributed by atoms with Crippen molar-refractivity contribution in [3.8, 4) is 0 Å². The Kier molecular flexibility index (Phi) is 2.89. The number of morpholine rings is 1. The molecular weight excluding hydrogens is 276 g/mol. The van der Waals surface area contributed by atoms with Crippen molar-refractivity contribution in [3.63, 3.8) is 0 Å². The minimum atomic E-state index is -3.38. The molecule has 1 aromatic carbocycles. The second-order valence-corrected chi connectivity index (χ2v) is 7.42. The highest BCUT2D eigenvalue weighted by Crippen LogP contribution is 2.54. The second kappa shape index (κ2) is 4.53. The van der Waals surface area contributed by atoms with Crippen molar-refractivity contribution < 1.29 is 13.2 Å². The average molecular weight is 294 g/mol. The van der Waals surface area contributed by atoms with E-state index in [1.165, 1.54) is 11.1 Å². The minimum Gasteiger partial charge on any atom is -0.379 e. The maximum Gasteiger partial charge on any atom is 0.283 e. The second-order valence-electron chi connectivity index (χ2n) is 5.59. The first-order valence-electron chi connectivity index (χ1n) is 7.15. The molecule has 3 aliphatic heterocycles. The molecule has 3 heterocycles. The van der Waals surface area contributed by atoms with Crippen LogP contribution in [-0.4, -0.2) is 43.3 Å². The zero-order valence-corrected chi connectivity index (χ0v) is 12.1. The van der Waals surface area contributed by atoms with Gasteiger partial charge in [0.15, 0.2) is 0 Å². The SMILES string of the molecule is O=S(=O)(N1CCOCC1)N1[C@H]2CC[C@H]1c1ccccc12. The highest BCUT2D eigenvalue weighted by Gasteiger charge is 2.51. The van der Waals surface area contributed by atoms with Crippen molar-refractivity contribution in [1.29, 1.82) is 0 Å². The summed E-state index contributed by atoms with van der Waals surface area (Å²) in [6, 6.07) is 8.20. The molecule has 6 heteroatoms. The van der Waals surface area contributed by atoms with Crippen LogP contribution in [0.2, 0.25) is 0 Å². The van der Waals surface area contributed by atoms with Gasteiger partial charge in [0.25, 0.3) is 10.2 Å². The van der Waals surface area contributed by atoms with E-state index < -0.39 is 10.2 Å². The van der Waals surface area contributed by atoms with E-state index in [1.807, 2.05) is 12.1 Å². The molecule has 2 bridgehead atoms. The van der Waals surface area contributed by atoms with Crippen molar-refractivity contribution in [2.45, 2.75) is 24.9 Å². The average Bonchev–Trinajstić information content (AvgIpc) is 3.06. The summed E-state index contributed by atoms with van der Waals surface area (Å²) in [5, 5.41) is 0. The lowest BCUT2D eigenvalue weighted by molar-refractivity contribution is 0.0694. The highest BCUT2D eigenvalue weighted by atomic mass is 32.2. The van der Waals surface area contributed by atoms with Crippen LogP contribution < -0.4 is 0 Å². The molecule has 0 aromatic heterocycles. The van der Waals surface area contributed by atoms with Crippen LogP contribution in [0.25, 0.3) is 0 Å². The summed E-state index contributed by atoms with van der Waals surface area (Å²) in [5.74, 6) is 0. The third-order valence-corrected chi connectivity index (χ3v) is 6.66. The Morgan fingerprint density at radius 3 is 2.10 bits per heavy atom. The van der Waals surface area contributed by atoms with Gasteiger partial charge in [-0.15, -0.1) is 0 Å². The topological polar surface area (TPSA) is 49.9 Å². The predicted octanol–water partition coefficient (Wildman–Crippen LogP) is 1.46. The summed E-state index contributed by atoms with van der Waals surface area (Å²) in [4.78, 5) is 0. The molecule has 0 N–H and O–H groups in total. The highest BCUT2D eigenvalue weighted by molar-refractivity contribution is 7.86. The Hall–Kier alpha value is -0.950. The molecule has 5 nitrogen and oxygen atoms in total. The van der Waals surface area contributed by atoms with Crippen LogP contribution >= 0.6 is 0 Å². The summed E-state index contributed by atoms with van der Waals surface area (Å²) in [7, 11) is -3.38. The molecule has 108 valence electrons. The Morgan fingerprint density at radius 2 is 1.55 bits per heavy atom. The molecule has 0 aliphatic carbocycles. The van der Waals surface area contributed by atoms with Gasteiger partial charge in [-0.2, -0.15) is 17.0 Å². The van der Waals surface area contributed by atoms with Gasteiger partial charge in [0.05, 0.1) is 25.3 Å². The Balaban J connectivity index is 1.71. The lowest BCUT2D eigenvalue weighted by Gasteiger charge is -2.32. The van der Waals surface area contributed by atoms with Crippen LogP contribution in [0.3, 0.4) is 0 Å². The molecule has 3 aliphatic rings. The van der Waals surface area contributed by atoms with Crippen LogP contribution in [0.1, 0.15) is 36.1 Å². The molecule has 0 spiro atoms. The molecular formula is C14H18N2O3S. The van der Waals surface area contributed by atoms with E-state index in [9.17, 15) is 8.42 Å². The third kappa shape index (κ3) is 1.69. The zero-order valence-electron chi connectivity index (χ0n) is 11.2. The van der Waals surface area contributed by atoms with Crippen LogP contribution in [-0.2, 0) is 14.9 Å². The fourth-order valence-corrected chi connectivity index (χ4v) is 5.68. The third-order valence-electron chi connectivity index (χ3n) is 4.60. The Labute approximate surface area is 119 Å². The maximum absolute atomic E-state index is 12.9. The van der Waals surface area contributed by atoms with Crippen LogP contribution in [0, 0.1) is 0 Å². The molecule has 2 saturated heterocycles. The van der Waals surface area contributed by atoms with Crippen LogP contribution in [0.4, 0.5) is 0 Å². The molecule has 0 radical (unpaired) electrons. The van der Waals surface area contributed by atoms with Gasteiger partial charge in [0, 0.05) is 13.1 Å². The lowest BCUT2D eigenvalue weighted by atomic mass is 9.92. The number of hydrogen-bond acceptors (Lipinski definition) is 3. The molecule has 1 aromatic rings. The van der Waals surface area contributed by atoms with Gasteiger partial charge in [-0.3, -0.25) is 0 Å². The number of benzene rings is 1. The number of rotatable bonds is 2. The van der Waals surface area contributed by atoms with Gasteiger partial charge < -0.3 is 4.74 Å². The number of nitrogens with zero attached hydrogens (tertiary/aromatic N) is 2. The summed E-state index contributed by atoms with van der Waals surface area (Å²) >= 11 is 0. The lowest BCUT2D eigenvalue weighted by Crippen LogP contribution is -2.47. The van der Waals surface area contributed by atoms with E-state index in [0.717, 1.165) is 12.8 Å². The van der Waals surface area contributed by atoms with E-state index in [-0.39, 0.29) is 12.1 Å². The van der Waals surface area contributed by atoms with Crippen molar-refractivity contribution in [3.05, 3.63) is 35.4 Å². The quantitative estimate of drug-likeness (QED) is 0.829. The summed E-state index contributed by atoms with van der Waals surface area (Å²) < 4.78 is 34.4. The summed E-state index contributed by atoms with van der Waals surface area (Å²) in [5.41, 5.74) is 2.39. The van der Waals surface area contributed by atoms with E-state index in [1.54, 1.807) is 8.61 Å². The van der Waals surface area contributed by atoms with E-state index >= 15 is 0 Å². The minimum absolute atomic E-state index is 0.0315. The Bertz CT molecular complexity index is 594. The monoisotopic (exact) mass is 294 g/mol. The maximum atomic E-state index is 12.9. The van der Waals surface area contributed by atoms with Gasteiger partial charge in [0.1, 0.15) is 0 Å². The summed E-state index contributed by atoms with van der Waals surface area (Å²) in [6.45, 7) is 1.92. The van der Waals surface area contributed by atoms with Crippen molar-refractivity contribution in [1.82, 2.24) is 8.61 Å². The first kappa shape index (κ1) is 12.8. The van der Waals surface area contributed by atoms with E-state index in [4.69, 9.17) is 4.74 Å². The van der Waals surface area contributed by atoms with Gasteiger partial charge >= 0.3 is 0 Å². The van der Waals surface area contributed by atoms with Crippen LogP contribution in [0.15, 0.2) is 24.3 Å². The van der Waals surface area contributed by atoms with Gasteiger partial charge in [-0.25, -0.2) is 0 Å². The number of fused-ring (bicyclic) bond motifs is 5. The number of hydrogen-bond donors (Lipinski definition) is 0. The van der Waals surface area contributed by atoms with Gasteiger partial charge in [-0.05, 0) is 24.0 Å². The fraction of sp³-hybridized carbons (Fsp3) is 0.571. The molecule has 2 fully saturated rings. The smallest absolute Gasteiger partial charge is 0.283 e. The standard InChI is InChI=1S/C14H18N2O3S/c17-20(18,15-7-9-19-10-8-15)16-13-5-6-14(16)12-4-2-1-3-11(12)13/h1-4,13-14H,5-10H2/t13-,14-/m0/s1. The van der Waals surface area contributed by atoms with Crippen molar-refractivity contribution >= 4 is 10.2 Å². The summed E-state index contributed by atoms with van der Waals surface area (Å²) in [6.07, 6.45) is 1.87. The Morgan fingerprint density at radius 1 is 1.00 bits per heavy atom. The van der Waals surface area contributed by atoms with E-state index in [2.05, 4.69) is 12.1 Å². The molecule has 0 amide bonds. The molecule has 0 unspecified atom stereocenters. The molecule has 4 rings (SSSR count). The van der Waals surface area contributed by atoms with E-state index in [0.29, 0.717) is 26.3 Å².